The van der Waals surface area contributed by atoms with Crippen LogP contribution in [0, 0.1) is 5.92 Å². The lowest BCUT2D eigenvalue weighted by Gasteiger charge is -2.37. The van der Waals surface area contributed by atoms with Gasteiger partial charge in [0.1, 0.15) is 0 Å². The number of rotatable bonds is 7. The highest BCUT2D eigenvalue weighted by Crippen LogP contribution is 2.22. The van der Waals surface area contributed by atoms with Crippen molar-refractivity contribution in [2.45, 2.75) is 12.8 Å². The summed E-state index contributed by atoms with van der Waals surface area (Å²) in [6.45, 7) is 1.09. The molecule has 0 radical (unpaired) electrons. The molecule has 0 atom stereocenters. The van der Waals surface area contributed by atoms with Crippen LogP contribution in [0.2, 0.25) is 0 Å². The van der Waals surface area contributed by atoms with Crippen molar-refractivity contribution in [2.24, 2.45) is 5.92 Å². The summed E-state index contributed by atoms with van der Waals surface area (Å²) in [6, 6.07) is 0. The van der Waals surface area contributed by atoms with Gasteiger partial charge in [-0.2, -0.15) is 0 Å². The number of sulfonamides is 1. The van der Waals surface area contributed by atoms with E-state index in [2.05, 4.69) is 0 Å². The lowest BCUT2D eigenvalue weighted by Crippen LogP contribution is -2.51. The van der Waals surface area contributed by atoms with Crippen molar-refractivity contribution < 1.29 is 23.1 Å². The second-order valence-corrected chi connectivity index (χ2v) is 6.03. The van der Waals surface area contributed by atoms with Gasteiger partial charge in [-0.1, -0.05) is 0 Å². The first kappa shape index (κ1) is 13.4. The quantitative estimate of drug-likeness (QED) is 0.631. The zero-order valence-electron chi connectivity index (χ0n) is 9.26. The van der Waals surface area contributed by atoms with Crippen LogP contribution in [0.15, 0.2) is 0 Å². The van der Waals surface area contributed by atoms with Gasteiger partial charge in [0, 0.05) is 26.8 Å². The second-order valence-electron chi connectivity index (χ2n) is 3.94. The van der Waals surface area contributed by atoms with E-state index in [0.717, 1.165) is 0 Å². The zero-order valence-corrected chi connectivity index (χ0v) is 10.1. The Morgan fingerprint density at radius 1 is 1.50 bits per heavy atom. The second kappa shape index (κ2) is 5.60. The summed E-state index contributed by atoms with van der Waals surface area (Å²) in [5, 5.41) is 8.53. The minimum Gasteiger partial charge on any atom is -0.481 e. The topological polar surface area (TPSA) is 83.9 Å². The molecule has 1 fully saturated rings. The molecule has 1 aliphatic rings. The van der Waals surface area contributed by atoms with Gasteiger partial charge in [-0.3, -0.25) is 4.79 Å². The van der Waals surface area contributed by atoms with Gasteiger partial charge in [-0.25, -0.2) is 12.7 Å². The molecule has 0 spiro atoms. The number of methoxy groups -OCH3 is 1. The van der Waals surface area contributed by atoms with Crippen molar-refractivity contribution in [3.63, 3.8) is 0 Å². The van der Waals surface area contributed by atoms with E-state index in [0.29, 0.717) is 26.1 Å². The molecule has 0 amide bonds. The van der Waals surface area contributed by atoms with Crippen molar-refractivity contribution in [3.05, 3.63) is 0 Å². The Morgan fingerprint density at radius 3 is 2.62 bits per heavy atom. The molecule has 16 heavy (non-hydrogen) atoms. The van der Waals surface area contributed by atoms with E-state index in [1.165, 1.54) is 11.4 Å². The minimum absolute atomic E-state index is 0.0327. The molecule has 1 N–H and O–H groups in total. The van der Waals surface area contributed by atoms with E-state index < -0.39 is 16.0 Å². The van der Waals surface area contributed by atoms with Crippen molar-refractivity contribution >= 4 is 16.0 Å². The van der Waals surface area contributed by atoms with Crippen LogP contribution in [0.4, 0.5) is 0 Å². The number of carboxylic acid groups (broad SMARTS) is 1. The zero-order chi connectivity index (χ0) is 12.2. The van der Waals surface area contributed by atoms with Crippen LogP contribution in [0.1, 0.15) is 12.8 Å². The number of carbonyl (C=O) groups is 1. The number of nitrogens with zero attached hydrogens (tertiary/aromatic N) is 1. The molecule has 1 saturated heterocycles. The number of hydrogen-bond acceptors (Lipinski definition) is 4. The largest absolute Gasteiger partial charge is 0.481 e. The predicted molar refractivity (Wildman–Crippen MR) is 57.6 cm³/mol. The lowest BCUT2D eigenvalue weighted by molar-refractivity contribution is -0.139. The van der Waals surface area contributed by atoms with E-state index in [1.807, 2.05) is 0 Å². The fourth-order valence-electron chi connectivity index (χ4n) is 1.64. The number of hydrogen-bond donors (Lipinski definition) is 1. The molecule has 0 aromatic rings. The molecule has 0 aliphatic carbocycles. The van der Waals surface area contributed by atoms with Crippen LogP contribution in [0.3, 0.4) is 0 Å². The van der Waals surface area contributed by atoms with Crippen molar-refractivity contribution in [1.82, 2.24) is 4.31 Å². The molecule has 1 rings (SSSR count). The molecule has 7 heteroatoms. The van der Waals surface area contributed by atoms with Crippen LogP contribution >= 0.6 is 0 Å². The number of carboxylic acids is 1. The summed E-state index contributed by atoms with van der Waals surface area (Å²) in [7, 11) is -1.68. The highest BCUT2D eigenvalue weighted by atomic mass is 32.2. The monoisotopic (exact) mass is 251 g/mol. The Balaban J connectivity index is 2.29. The number of aliphatic carboxylic acids is 1. The molecule has 0 saturated carbocycles. The minimum atomic E-state index is -3.20. The Bertz CT molecular complexity index is 334. The van der Waals surface area contributed by atoms with E-state index in [1.54, 1.807) is 0 Å². The third-order valence-corrected chi connectivity index (χ3v) is 4.42. The fraction of sp³-hybridized carbons (Fsp3) is 0.889. The Labute approximate surface area is 95.2 Å². The summed E-state index contributed by atoms with van der Waals surface area (Å²) < 4.78 is 29.4. The van der Waals surface area contributed by atoms with Crippen LogP contribution in [-0.4, -0.2) is 56.4 Å². The van der Waals surface area contributed by atoms with Gasteiger partial charge in [0.25, 0.3) is 0 Å². The summed E-state index contributed by atoms with van der Waals surface area (Å²) >= 11 is 0. The van der Waals surface area contributed by atoms with Gasteiger partial charge in [-0.05, 0) is 12.3 Å². The molecule has 94 valence electrons. The predicted octanol–water partition coefficient (Wildman–Crippen LogP) is -0.241. The molecular formula is C9H17NO5S. The molecule has 1 aliphatic heterocycles. The van der Waals surface area contributed by atoms with E-state index >= 15 is 0 Å². The van der Waals surface area contributed by atoms with E-state index in [-0.39, 0.29) is 18.1 Å². The van der Waals surface area contributed by atoms with Crippen LogP contribution in [0.25, 0.3) is 0 Å². The maximum Gasteiger partial charge on any atom is 0.303 e. The van der Waals surface area contributed by atoms with E-state index in [9.17, 15) is 13.2 Å². The van der Waals surface area contributed by atoms with Crippen molar-refractivity contribution in [1.29, 1.82) is 0 Å². The van der Waals surface area contributed by atoms with Gasteiger partial charge < -0.3 is 9.84 Å². The smallest absolute Gasteiger partial charge is 0.303 e. The molecule has 0 bridgehead atoms. The van der Waals surface area contributed by atoms with Crippen molar-refractivity contribution in [3.8, 4) is 0 Å². The first-order chi connectivity index (χ1) is 7.45. The summed E-state index contributed by atoms with van der Waals surface area (Å²) in [6.07, 6.45) is 0.517. The van der Waals surface area contributed by atoms with E-state index in [4.69, 9.17) is 9.84 Å². The standard InChI is InChI=1S/C9H17NO5S/c1-15-3-2-4-16(13,14)10-6-8(7-10)5-9(11)12/h8H,2-7H2,1H3,(H,11,12). The fourth-order valence-corrected chi connectivity index (χ4v) is 3.26. The highest BCUT2D eigenvalue weighted by molar-refractivity contribution is 7.89. The summed E-state index contributed by atoms with van der Waals surface area (Å²) in [4.78, 5) is 10.4. The third-order valence-electron chi connectivity index (χ3n) is 2.53. The Morgan fingerprint density at radius 2 is 2.12 bits per heavy atom. The van der Waals surface area contributed by atoms with Gasteiger partial charge >= 0.3 is 5.97 Å². The number of ether oxygens (including phenoxy) is 1. The molecule has 0 unspecified atom stereocenters. The lowest BCUT2D eigenvalue weighted by atomic mass is 10.00. The Hall–Kier alpha value is -0.660. The van der Waals surface area contributed by atoms with Gasteiger partial charge in [0.05, 0.1) is 12.2 Å². The SMILES string of the molecule is COCCCS(=O)(=O)N1CC(CC(=O)O)C1. The van der Waals surface area contributed by atoms with Gasteiger partial charge in [0.2, 0.25) is 10.0 Å². The van der Waals surface area contributed by atoms with Crippen LogP contribution < -0.4 is 0 Å². The third kappa shape index (κ3) is 3.73. The van der Waals surface area contributed by atoms with Gasteiger partial charge in [0.15, 0.2) is 0 Å². The maximum absolute atomic E-state index is 11.6. The molecule has 0 aromatic carbocycles. The molecular weight excluding hydrogens is 234 g/mol. The average Bonchev–Trinajstić information content (AvgIpc) is 2.10. The molecule has 6 nitrogen and oxygen atoms in total. The highest BCUT2D eigenvalue weighted by Gasteiger charge is 2.36. The van der Waals surface area contributed by atoms with Crippen LogP contribution in [0.5, 0.6) is 0 Å². The van der Waals surface area contributed by atoms with Crippen LogP contribution in [-0.2, 0) is 19.6 Å². The van der Waals surface area contributed by atoms with Gasteiger partial charge in [-0.15, -0.1) is 0 Å². The molecule has 1 heterocycles. The van der Waals surface area contributed by atoms with Crippen molar-refractivity contribution in [2.75, 3.05) is 32.6 Å². The maximum atomic E-state index is 11.6. The average molecular weight is 251 g/mol. The summed E-state index contributed by atoms with van der Waals surface area (Å²) in [5.41, 5.74) is 0. The first-order valence-corrected chi connectivity index (χ1v) is 6.75. The first-order valence-electron chi connectivity index (χ1n) is 5.14. The summed E-state index contributed by atoms with van der Waals surface area (Å²) in [5.74, 6) is -0.836. The normalized spacial score (nSPS) is 18.3. The Kier molecular flexibility index (Phi) is 4.69. The molecule has 0 aromatic heterocycles.